The van der Waals surface area contributed by atoms with Gasteiger partial charge in [-0.15, -0.1) is 0 Å². The maximum Gasteiger partial charge on any atom is 0.224 e. The first-order valence-electron chi connectivity index (χ1n) is 11.6. The zero-order valence-electron chi connectivity index (χ0n) is 20.5. The highest BCUT2D eigenvalue weighted by Gasteiger charge is 2.41. The van der Waals surface area contributed by atoms with Crippen molar-refractivity contribution in [1.82, 2.24) is 15.0 Å². The number of rotatable bonds is 7. The molecule has 0 aliphatic heterocycles. The number of nitrogens with one attached hydrogen (secondary N) is 2. The van der Waals surface area contributed by atoms with E-state index in [-0.39, 0.29) is 12.0 Å². The first kappa shape index (κ1) is 25.7. The van der Waals surface area contributed by atoms with Gasteiger partial charge < -0.3 is 30.7 Å². The molecule has 5 N–H and O–H groups in total. The number of aromatic nitrogens is 3. The summed E-state index contributed by atoms with van der Waals surface area (Å²) in [6.45, 7) is 11.1. The standard InChI is InChI=1S/C25H35N5O4/c1-6-34-20-10-8-16(12-26-20)7-9-18-15(2)28-24(27-14-25(3,4)5)30-23(18)29-19-11-17(13-31)21(32)22(19)33/h8,10,12,17,19,21-22,31-33H,6,11,13-14H2,1-5H3,(H2,27,28,29,30)/t17-,19-,21-,22+/m1/s1. The van der Waals surface area contributed by atoms with Crippen LogP contribution in [0.25, 0.3) is 0 Å². The molecule has 0 unspecified atom stereocenters. The molecule has 9 nitrogen and oxygen atoms in total. The van der Waals surface area contributed by atoms with Crippen LogP contribution in [0.15, 0.2) is 18.3 Å². The number of hydrogen-bond acceptors (Lipinski definition) is 9. The van der Waals surface area contributed by atoms with Crippen LogP contribution in [-0.4, -0.2) is 68.3 Å². The van der Waals surface area contributed by atoms with Crippen LogP contribution in [0, 0.1) is 30.1 Å². The maximum atomic E-state index is 10.5. The Morgan fingerprint density at radius 2 is 1.91 bits per heavy atom. The van der Waals surface area contributed by atoms with Gasteiger partial charge in [-0.3, -0.25) is 0 Å². The van der Waals surface area contributed by atoms with Crippen molar-refractivity contribution in [2.45, 2.75) is 59.3 Å². The molecule has 34 heavy (non-hydrogen) atoms. The zero-order chi connectivity index (χ0) is 24.9. The van der Waals surface area contributed by atoms with Gasteiger partial charge in [0, 0.05) is 36.9 Å². The highest BCUT2D eigenvalue weighted by atomic mass is 16.5. The van der Waals surface area contributed by atoms with Crippen LogP contribution in [0.4, 0.5) is 11.8 Å². The van der Waals surface area contributed by atoms with Gasteiger partial charge in [0.15, 0.2) is 0 Å². The number of aliphatic hydroxyl groups excluding tert-OH is 3. The summed E-state index contributed by atoms with van der Waals surface area (Å²) in [7, 11) is 0. The third-order valence-corrected chi connectivity index (χ3v) is 5.59. The van der Waals surface area contributed by atoms with Crippen molar-refractivity contribution in [3.05, 3.63) is 35.2 Å². The SMILES string of the molecule is CCOc1ccc(C#Cc2c(C)nc(NCC(C)(C)C)nc2N[C@@H]2C[C@H](CO)[C@@H](O)[C@H]2O)cn1. The Hall–Kier alpha value is -2.93. The predicted molar refractivity (Wildman–Crippen MR) is 131 cm³/mol. The van der Waals surface area contributed by atoms with Crippen molar-refractivity contribution in [2.24, 2.45) is 11.3 Å². The smallest absolute Gasteiger partial charge is 0.224 e. The van der Waals surface area contributed by atoms with E-state index in [1.165, 1.54) is 0 Å². The van der Waals surface area contributed by atoms with E-state index >= 15 is 0 Å². The van der Waals surface area contributed by atoms with Gasteiger partial charge >= 0.3 is 0 Å². The van der Waals surface area contributed by atoms with E-state index in [4.69, 9.17) is 4.74 Å². The summed E-state index contributed by atoms with van der Waals surface area (Å²) >= 11 is 0. The first-order valence-corrected chi connectivity index (χ1v) is 11.6. The second kappa shape index (κ2) is 11.0. The number of nitrogens with zero attached hydrogens (tertiary/aromatic N) is 3. The summed E-state index contributed by atoms with van der Waals surface area (Å²) in [4.78, 5) is 13.4. The number of hydrogen-bond donors (Lipinski definition) is 5. The molecule has 0 amide bonds. The Morgan fingerprint density at radius 3 is 2.50 bits per heavy atom. The van der Waals surface area contributed by atoms with E-state index in [1.54, 1.807) is 12.3 Å². The minimum Gasteiger partial charge on any atom is -0.478 e. The summed E-state index contributed by atoms with van der Waals surface area (Å²) in [6, 6.07) is 3.11. The molecule has 0 aromatic carbocycles. The minimum atomic E-state index is -1.03. The lowest BCUT2D eigenvalue weighted by molar-refractivity contribution is 0.00445. The molecule has 184 valence electrons. The van der Waals surface area contributed by atoms with E-state index in [0.717, 1.165) is 0 Å². The minimum absolute atomic E-state index is 0.0318. The maximum absolute atomic E-state index is 10.5. The van der Waals surface area contributed by atoms with Crippen LogP contribution in [0.3, 0.4) is 0 Å². The Kier molecular flexibility index (Phi) is 8.31. The lowest BCUT2D eigenvalue weighted by Gasteiger charge is -2.22. The fourth-order valence-corrected chi connectivity index (χ4v) is 3.70. The molecular formula is C25H35N5O4. The normalized spacial score (nSPS) is 22.1. The molecule has 1 saturated carbocycles. The van der Waals surface area contributed by atoms with Crippen LogP contribution in [-0.2, 0) is 0 Å². The largest absolute Gasteiger partial charge is 0.478 e. The van der Waals surface area contributed by atoms with Gasteiger partial charge in [0.05, 0.1) is 30.0 Å². The summed E-state index contributed by atoms with van der Waals surface area (Å²) in [6.07, 6.45) is 0.00843. The van der Waals surface area contributed by atoms with Crippen LogP contribution < -0.4 is 15.4 Å². The molecule has 0 bridgehead atoms. The quantitative estimate of drug-likeness (QED) is 0.386. The van der Waals surface area contributed by atoms with E-state index in [1.807, 2.05) is 19.9 Å². The zero-order valence-corrected chi connectivity index (χ0v) is 20.5. The fourth-order valence-electron chi connectivity index (χ4n) is 3.70. The molecule has 0 radical (unpaired) electrons. The van der Waals surface area contributed by atoms with Gasteiger partial charge in [-0.2, -0.15) is 4.98 Å². The van der Waals surface area contributed by atoms with E-state index in [0.29, 0.717) is 54.0 Å². The van der Waals surface area contributed by atoms with Gasteiger partial charge in [-0.25, -0.2) is 9.97 Å². The third kappa shape index (κ3) is 6.56. The Labute approximate surface area is 201 Å². The number of aryl methyl sites for hydroxylation is 1. The van der Waals surface area contributed by atoms with Crippen molar-refractivity contribution in [3.8, 4) is 17.7 Å². The summed E-state index contributed by atoms with van der Waals surface area (Å²) in [5.74, 6) is 7.28. The third-order valence-electron chi connectivity index (χ3n) is 5.59. The monoisotopic (exact) mass is 469 g/mol. The van der Waals surface area contributed by atoms with Crippen LogP contribution in [0.2, 0.25) is 0 Å². The predicted octanol–water partition coefficient (Wildman–Crippen LogP) is 1.95. The number of pyridine rings is 1. The topological polar surface area (TPSA) is 133 Å². The van der Waals surface area contributed by atoms with Gasteiger partial charge in [0.25, 0.3) is 0 Å². The molecule has 9 heteroatoms. The molecular weight excluding hydrogens is 434 g/mol. The average Bonchev–Trinajstić information content (AvgIpc) is 3.05. The van der Waals surface area contributed by atoms with Crippen molar-refractivity contribution in [2.75, 3.05) is 30.4 Å². The summed E-state index contributed by atoms with van der Waals surface area (Å²) in [5, 5.41) is 36.8. The molecule has 0 spiro atoms. The molecule has 2 heterocycles. The van der Waals surface area contributed by atoms with Crippen LogP contribution in [0.5, 0.6) is 5.88 Å². The second-order valence-electron chi connectivity index (χ2n) is 9.75. The van der Waals surface area contributed by atoms with Gasteiger partial charge in [-0.1, -0.05) is 32.6 Å². The second-order valence-corrected chi connectivity index (χ2v) is 9.75. The summed E-state index contributed by atoms with van der Waals surface area (Å²) in [5.41, 5.74) is 2.00. The van der Waals surface area contributed by atoms with E-state index in [9.17, 15) is 15.3 Å². The van der Waals surface area contributed by atoms with Gasteiger partial charge in [-0.05, 0) is 31.7 Å². The Balaban J connectivity index is 1.92. The first-order chi connectivity index (χ1) is 16.1. The van der Waals surface area contributed by atoms with Gasteiger partial charge in [0.1, 0.15) is 11.9 Å². The summed E-state index contributed by atoms with van der Waals surface area (Å²) < 4.78 is 5.37. The molecule has 3 rings (SSSR count). The number of aliphatic hydroxyl groups is 3. The molecule has 2 aromatic rings. The van der Waals surface area contributed by atoms with Crippen molar-refractivity contribution in [3.63, 3.8) is 0 Å². The molecule has 4 atom stereocenters. The fraction of sp³-hybridized carbons (Fsp3) is 0.560. The van der Waals surface area contributed by atoms with E-state index in [2.05, 4.69) is 58.2 Å². The highest BCUT2D eigenvalue weighted by Crippen LogP contribution is 2.30. The molecule has 1 aliphatic carbocycles. The van der Waals surface area contributed by atoms with Crippen LogP contribution >= 0.6 is 0 Å². The molecule has 1 aliphatic rings. The Morgan fingerprint density at radius 1 is 1.15 bits per heavy atom. The number of anilines is 2. The van der Waals surface area contributed by atoms with Crippen molar-refractivity contribution >= 4 is 11.8 Å². The van der Waals surface area contributed by atoms with Gasteiger partial charge in [0.2, 0.25) is 11.8 Å². The molecule has 0 saturated heterocycles. The van der Waals surface area contributed by atoms with Crippen LogP contribution in [0.1, 0.15) is 50.9 Å². The lowest BCUT2D eigenvalue weighted by Crippen LogP contribution is -2.36. The Bertz CT molecular complexity index is 1030. The van der Waals surface area contributed by atoms with E-state index < -0.39 is 24.2 Å². The number of ether oxygens (including phenoxy) is 1. The average molecular weight is 470 g/mol. The molecule has 1 fully saturated rings. The van der Waals surface area contributed by atoms with Crippen molar-refractivity contribution < 1.29 is 20.1 Å². The lowest BCUT2D eigenvalue weighted by atomic mass is 9.97. The molecule has 2 aromatic heterocycles. The van der Waals surface area contributed by atoms with Crippen molar-refractivity contribution in [1.29, 1.82) is 0 Å². The highest BCUT2D eigenvalue weighted by molar-refractivity contribution is 5.60.